The van der Waals surface area contributed by atoms with Crippen molar-refractivity contribution in [1.29, 1.82) is 0 Å². The Labute approximate surface area is 179 Å². The number of rotatable bonds is 5. The van der Waals surface area contributed by atoms with Crippen LogP contribution < -0.4 is 9.80 Å². The second-order valence-electron chi connectivity index (χ2n) is 8.34. The van der Waals surface area contributed by atoms with Gasteiger partial charge in [-0.1, -0.05) is 56.0 Å². The zero-order chi connectivity index (χ0) is 20.6. The average molecular weight is 408 g/mol. The molecule has 0 N–H and O–H groups in total. The van der Waals surface area contributed by atoms with Gasteiger partial charge in [-0.25, -0.2) is 0 Å². The highest BCUT2D eigenvalue weighted by molar-refractivity contribution is 5.43. The average Bonchev–Trinajstić information content (AvgIpc) is 3.23. The summed E-state index contributed by atoms with van der Waals surface area (Å²) >= 11 is 0. The number of nitrogens with zero attached hydrogens (tertiary/aromatic N) is 7. The van der Waals surface area contributed by atoms with Gasteiger partial charge in [0.15, 0.2) is 0 Å². The van der Waals surface area contributed by atoms with Crippen LogP contribution in [0.2, 0.25) is 0 Å². The number of aromatic nitrogens is 3. The maximum Gasteiger partial charge on any atom is 0.275 e. The van der Waals surface area contributed by atoms with Crippen LogP contribution in [-0.4, -0.2) is 41.1 Å². The largest absolute Gasteiger partial charge is 0.341 e. The summed E-state index contributed by atoms with van der Waals surface area (Å²) in [5.41, 5.74) is 1.13. The van der Waals surface area contributed by atoms with E-state index in [1.54, 1.807) is 0 Å². The first-order valence-electron chi connectivity index (χ1n) is 11.5. The van der Waals surface area contributed by atoms with Crippen molar-refractivity contribution in [1.82, 2.24) is 15.0 Å². The maximum absolute atomic E-state index is 4.88. The van der Waals surface area contributed by atoms with Gasteiger partial charge in [0.1, 0.15) is 0 Å². The van der Waals surface area contributed by atoms with Crippen LogP contribution in [0.1, 0.15) is 69.9 Å². The Balaban J connectivity index is 1.61. The molecule has 0 spiro atoms. The first-order valence-corrected chi connectivity index (χ1v) is 11.5. The normalized spacial score (nSPS) is 19.5. The molecule has 7 nitrogen and oxygen atoms in total. The van der Waals surface area contributed by atoms with E-state index in [1.807, 2.05) is 25.1 Å². The molecule has 2 fully saturated rings. The van der Waals surface area contributed by atoms with Crippen molar-refractivity contribution in [3.8, 4) is 0 Å². The lowest BCUT2D eigenvalue weighted by Gasteiger charge is -2.24. The molecule has 1 atom stereocenters. The van der Waals surface area contributed by atoms with Gasteiger partial charge in [-0.3, -0.25) is 0 Å². The third kappa shape index (κ3) is 5.52. The van der Waals surface area contributed by atoms with Crippen molar-refractivity contribution in [2.75, 3.05) is 36.0 Å². The maximum atomic E-state index is 4.88. The summed E-state index contributed by atoms with van der Waals surface area (Å²) in [6.45, 7) is 6.05. The van der Waals surface area contributed by atoms with Gasteiger partial charge in [-0.05, 0) is 38.2 Å². The third-order valence-electron chi connectivity index (χ3n) is 5.98. The molecule has 2 aliphatic heterocycles. The first-order chi connectivity index (χ1) is 14.8. The molecule has 30 heavy (non-hydrogen) atoms. The predicted octanol–water partition coefficient (Wildman–Crippen LogP) is 5.48. The summed E-state index contributed by atoms with van der Waals surface area (Å²) in [5, 5.41) is 8.96. The highest BCUT2D eigenvalue weighted by Gasteiger charge is 2.19. The molecule has 1 unspecified atom stereocenters. The van der Waals surface area contributed by atoms with Crippen LogP contribution >= 0.6 is 0 Å². The number of hydrogen-bond donors (Lipinski definition) is 0. The Morgan fingerprint density at radius 2 is 1.20 bits per heavy atom. The second kappa shape index (κ2) is 10.5. The third-order valence-corrected chi connectivity index (χ3v) is 5.98. The van der Waals surface area contributed by atoms with Gasteiger partial charge in [0, 0.05) is 26.2 Å². The fourth-order valence-corrected chi connectivity index (χ4v) is 4.15. The number of anilines is 2. The minimum Gasteiger partial charge on any atom is -0.341 e. The van der Waals surface area contributed by atoms with Gasteiger partial charge in [-0.15, -0.1) is 5.11 Å². The van der Waals surface area contributed by atoms with Crippen molar-refractivity contribution >= 4 is 17.8 Å². The Hall–Kier alpha value is -2.57. The van der Waals surface area contributed by atoms with Crippen molar-refractivity contribution < 1.29 is 0 Å². The molecule has 0 amide bonds. The SMILES string of the molecule is CC(N=Nc1nc(N2CCCCCC2)nc(N2CCCCCC2)n1)c1ccccc1. The summed E-state index contributed by atoms with van der Waals surface area (Å²) in [4.78, 5) is 18.9. The molecule has 160 valence electrons. The van der Waals surface area contributed by atoms with Crippen LogP contribution in [0.15, 0.2) is 40.6 Å². The molecule has 2 saturated heterocycles. The van der Waals surface area contributed by atoms with Crippen LogP contribution in [0.5, 0.6) is 0 Å². The summed E-state index contributed by atoms with van der Waals surface area (Å²) in [6, 6.07) is 10.2. The molecular weight excluding hydrogens is 374 g/mol. The molecule has 0 aliphatic carbocycles. The van der Waals surface area contributed by atoms with Crippen molar-refractivity contribution in [3.63, 3.8) is 0 Å². The zero-order valence-electron chi connectivity index (χ0n) is 18.1. The van der Waals surface area contributed by atoms with E-state index in [4.69, 9.17) is 15.0 Å². The van der Waals surface area contributed by atoms with E-state index in [0.29, 0.717) is 5.95 Å². The Morgan fingerprint density at radius 3 is 1.70 bits per heavy atom. The first kappa shape index (κ1) is 20.7. The van der Waals surface area contributed by atoms with Crippen LogP contribution in [0, 0.1) is 0 Å². The minimum atomic E-state index is -0.0359. The van der Waals surface area contributed by atoms with Crippen LogP contribution in [0.25, 0.3) is 0 Å². The van der Waals surface area contributed by atoms with E-state index in [-0.39, 0.29) is 6.04 Å². The minimum absolute atomic E-state index is 0.0359. The molecule has 1 aromatic heterocycles. The number of azo groups is 1. The fourth-order valence-electron chi connectivity index (χ4n) is 4.15. The Morgan fingerprint density at radius 1 is 0.700 bits per heavy atom. The van der Waals surface area contributed by atoms with E-state index in [2.05, 4.69) is 32.2 Å². The van der Waals surface area contributed by atoms with Crippen molar-refractivity contribution in [2.45, 2.75) is 64.3 Å². The van der Waals surface area contributed by atoms with E-state index < -0.39 is 0 Å². The molecule has 3 heterocycles. The summed E-state index contributed by atoms with van der Waals surface area (Å²) in [5.74, 6) is 1.94. The molecule has 0 radical (unpaired) electrons. The van der Waals surface area contributed by atoms with Crippen LogP contribution in [-0.2, 0) is 0 Å². The molecule has 0 bridgehead atoms. The lowest BCUT2D eigenvalue weighted by Crippen LogP contribution is -2.30. The van der Waals surface area contributed by atoms with Gasteiger partial charge >= 0.3 is 0 Å². The van der Waals surface area contributed by atoms with Crippen molar-refractivity contribution in [3.05, 3.63) is 35.9 Å². The molecular formula is C23H33N7. The molecule has 2 aliphatic rings. The van der Waals surface area contributed by atoms with Gasteiger partial charge < -0.3 is 9.80 Å². The second-order valence-corrected chi connectivity index (χ2v) is 8.34. The highest BCUT2D eigenvalue weighted by atomic mass is 15.4. The molecule has 7 heteroatoms. The molecule has 4 rings (SSSR count). The van der Waals surface area contributed by atoms with Gasteiger partial charge in [-0.2, -0.15) is 20.1 Å². The highest BCUT2D eigenvalue weighted by Crippen LogP contribution is 2.24. The van der Waals surface area contributed by atoms with E-state index in [1.165, 1.54) is 51.4 Å². The summed E-state index contributed by atoms with van der Waals surface area (Å²) < 4.78 is 0. The standard InChI is InChI=1S/C23H33N7/c1-19(20-13-7-6-8-14-20)27-28-21-24-22(29-15-9-2-3-10-16-29)26-23(25-21)30-17-11-4-5-12-18-30/h6-8,13-14,19H,2-5,9-12,15-18H2,1H3. The monoisotopic (exact) mass is 407 g/mol. The Bertz CT molecular complexity index is 769. The topological polar surface area (TPSA) is 69.9 Å². The molecule has 1 aromatic carbocycles. The van der Waals surface area contributed by atoms with E-state index in [9.17, 15) is 0 Å². The number of hydrogen-bond acceptors (Lipinski definition) is 7. The fraction of sp³-hybridized carbons (Fsp3) is 0.609. The summed E-state index contributed by atoms with van der Waals surface area (Å²) in [7, 11) is 0. The lowest BCUT2D eigenvalue weighted by molar-refractivity contribution is 0.719. The summed E-state index contributed by atoms with van der Waals surface area (Å²) in [6.07, 6.45) is 9.87. The van der Waals surface area contributed by atoms with Gasteiger partial charge in [0.2, 0.25) is 11.9 Å². The molecule has 2 aromatic rings. The van der Waals surface area contributed by atoms with Gasteiger partial charge in [0.05, 0.1) is 6.04 Å². The van der Waals surface area contributed by atoms with Crippen molar-refractivity contribution in [2.24, 2.45) is 10.2 Å². The quantitative estimate of drug-likeness (QED) is 0.614. The Kier molecular flexibility index (Phi) is 7.21. The lowest BCUT2D eigenvalue weighted by atomic mass is 10.1. The smallest absolute Gasteiger partial charge is 0.275 e. The number of benzene rings is 1. The van der Waals surface area contributed by atoms with E-state index in [0.717, 1.165) is 43.6 Å². The predicted molar refractivity (Wildman–Crippen MR) is 121 cm³/mol. The van der Waals surface area contributed by atoms with E-state index >= 15 is 0 Å². The zero-order valence-corrected chi connectivity index (χ0v) is 18.1. The van der Waals surface area contributed by atoms with Crippen LogP contribution in [0.4, 0.5) is 17.8 Å². The molecule has 0 saturated carbocycles. The van der Waals surface area contributed by atoms with Gasteiger partial charge in [0.25, 0.3) is 5.95 Å². The van der Waals surface area contributed by atoms with Crippen LogP contribution in [0.3, 0.4) is 0 Å².